The third-order valence-corrected chi connectivity index (χ3v) is 5.35. The van der Waals surface area contributed by atoms with Crippen LogP contribution < -0.4 is 14.2 Å². The van der Waals surface area contributed by atoms with Gasteiger partial charge in [-0.15, -0.1) is 0 Å². The normalized spacial score (nSPS) is 10.9. The second kappa shape index (κ2) is 9.11. The molecule has 5 rings (SSSR count). The Hall–Kier alpha value is -4.59. The highest BCUT2D eigenvalue weighted by atomic mass is 16.5. The van der Waals surface area contributed by atoms with Gasteiger partial charge >= 0.3 is 5.97 Å². The van der Waals surface area contributed by atoms with Gasteiger partial charge in [0.1, 0.15) is 30.2 Å². The first kappa shape index (κ1) is 21.3. The number of esters is 1. The van der Waals surface area contributed by atoms with Crippen molar-refractivity contribution in [1.29, 1.82) is 0 Å². The van der Waals surface area contributed by atoms with Crippen LogP contribution in [0.25, 0.3) is 16.4 Å². The second-order valence-corrected chi connectivity index (χ2v) is 7.42. The molecule has 34 heavy (non-hydrogen) atoms. The minimum Gasteiger partial charge on any atom is -0.497 e. The third kappa shape index (κ3) is 3.97. The topological polar surface area (TPSA) is 84.2 Å². The Kier molecular flexibility index (Phi) is 5.70. The zero-order valence-corrected chi connectivity index (χ0v) is 18.6. The van der Waals surface area contributed by atoms with E-state index >= 15 is 0 Å². The van der Waals surface area contributed by atoms with Crippen LogP contribution in [0.5, 0.6) is 23.0 Å². The molecular formula is C26H21N3O5. The zero-order chi connectivity index (χ0) is 23.5. The fourth-order valence-electron chi connectivity index (χ4n) is 3.71. The molecule has 0 amide bonds. The minimum atomic E-state index is -0.570. The highest BCUT2D eigenvalue weighted by Crippen LogP contribution is 2.36. The Morgan fingerprint density at radius 3 is 2.35 bits per heavy atom. The molecule has 0 N–H and O–H groups in total. The van der Waals surface area contributed by atoms with Gasteiger partial charge in [-0.2, -0.15) is 5.10 Å². The molecular weight excluding hydrogens is 434 g/mol. The average Bonchev–Trinajstić information content (AvgIpc) is 3.37. The first-order chi connectivity index (χ1) is 16.7. The minimum absolute atomic E-state index is 0.169. The maximum absolute atomic E-state index is 12.7. The van der Waals surface area contributed by atoms with Gasteiger partial charge in [-0.3, -0.25) is 0 Å². The number of benzene rings is 3. The van der Waals surface area contributed by atoms with Crippen LogP contribution >= 0.6 is 0 Å². The predicted octanol–water partition coefficient (Wildman–Crippen LogP) is 5.05. The largest absolute Gasteiger partial charge is 0.497 e. The first-order valence-corrected chi connectivity index (χ1v) is 10.5. The molecule has 0 aliphatic carbocycles. The number of hydrogen-bond donors (Lipinski definition) is 0. The van der Waals surface area contributed by atoms with Gasteiger partial charge in [-0.05, 0) is 48.0 Å². The monoisotopic (exact) mass is 455 g/mol. The molecule has 0 unspecified atom stereocenters. The Balaban J connectivity index is 1.61. The number of pyridine rings is 1. The fourth-order valence-corrected chi connectivity index (χ4v) is 3.71. The lowest BCUT2D eigenvalue weighted by Crippen LogP contribution is -2.13. The van der Waals surface area contributed by atoms with E-state index in [1.54, 1.807) is 7.11 Å². The van der Waals surface area contributed by atoms with Crippen LogP contribution in [0.2, 0.25) is 0 Å². The van der Waals surface area contributed by atoms with E-state index in [9.17, 15) is 4.79 Å². The predicted molar refractivity (Wildman–Crippen MR) is 126 cm³/mol. The molecule has 5 aromatic rings. The Labute approximate surface area is 195 Å². The summed E-state index contributed by atoms with van der Waals surface area (Å²) in [7, 11) is 2.94. The molecule has 0 aliphatic heterocycles. The molecule has 0 aliphatic rings. The van der Waals surface area contributed by atoms with Crippen molar-refractivity contribution < 1.29 is 23.7 Å². The van der Waals surface area contributed by atoms with Crippen LogP contribution in [0.15, 0.2) is 79.1 Å². The van der Waals surface area contributed by atoms with Crippen molar-refractivity contribution in [3.05, 3.63) is 90.4 Å². The van der Waals surface area contributed by atoms with Crippen molar-refractivity contribution in [1.82, 2.24) is 14.6 Å². The zero-order valence-electron chi connectivity index (χ0n) is 18.6. The van der Waals surface area contributed by atoms with Gasteiger partial charge in [0.05, 0.1) is 14.2 Å². The Bertz CT molecular complexity index is 1460. The van der Waals surface area contributed by atoms with Crippen molar-refractivity contribution in [3.63, 3.8) is 0 Å². The van der Waals surface area contributed by atoms with E-state index in [1.165, 1.54) is 18.0 Å². The number of ether oxygens (including phenoxy) is 4. The number of nitrogens with zero attached hydrogens (tertiary/aromatic N) is 3. The molecule has 0 radical (unpaired) electrons. The standard InChI is InChI=1S/C26H21N3O5/c1-31-18-8-10-19(11-9-18)34-20-12-13-21-22(14-20)25-27-16-28-29(25)23(26(30)32-2)24(21)33-15-17-6-4-3-5-7-17/h3-14,16H,15H2,1-2H3. The lowest BCUT2D eigenvalue weighted by Gasteiger charge is -2.16. The number of carbonyl (C=O) groups excluding carboxylic acids is 1. The molecule has 2 aromatic heterocycles. The molecule has 0 atom stereocenters. The summed E-state index contributed by atoms with van der Waals surface area (Å²) in [4.78, 5) is 17.1. The summed E-state index contributed by atoms with van der Waals surface area (Å²) >= 11 is 0. The summed E-state index contributed by atoms with van der Waals surface area (Å²) in [5, 5.41) is 5.67. The summed E-state index contributed by atoms with van der Waals surface area (Å²) in [6.07, 6.45) is 1.39. The first-order valence-electron chi connectivity index (χ1n) is 10.5. The van der Waals surface area contributed by atoms with Gasteiger partial charge < -0.3 is 18.9 Å². The summed E-state index contributed by atoms with van der Waals surface area (Å²) in [6.45, 7) is 0.268. The van der Waals surface area contributed by atoms with E-state index < -0.39 is 5.97 Å². The van der Waals surface area contributed by atoms with E-state index in [2.05, 4.69) is 10.1 Å². The molecule has 3 aromatic carbocycles. The quantitative estimate of drug-likeness (QED) is 0.318. The number of fused-ring (bicyclic) bond motifs is 3. The summed E-state index contributed by atoms with van der Waals surface area (Å²) in [5.74, 6) is 1.79. The lowest BCUT2D eigenvalue weighted by molar-refractivity contribution is 0.0585. The smallest absolute Gasteiger partial charge is 0.360 e. The molecule has 2 heterocycles. The number of rotatable bonds is 7. The van der Waals surface area contributed by atoms with Gasteiger partial charge in [0.25, 0.3) is 0 Å². The van der Waals surface area contributed by atoms with Crippen molar-refractivity contribution in [2.24, 2.45) is 0 Å². The van der Waals surface area contributed by atoms with E-state index in [-0.39, 0.29) is 12.3 Å². The van der Waals surface area contributed by atoms with Gasteiger partial charge in [0, 0.05) is 10.8 Å². The highest BCUT2D eigenvalue weighted by molar-refractivity contribution is 6.05. The van der Waals surface area contributed by atoms with Crippen LogP contribution in [-0.2, 0) is 11.3 Å². The lowest BCUT2D eigenvalue weighted by atomic mass is 10.1. The number of hydrogen-bond acceptors (Lipinski definition) is 7. The second-order valence-electron chi connectivity index (χ2n) is 7.42. The highest BCUT2D eigenvalue weighted by Gasteiger charge is 2.24. The average molecular weight is 455 g/mol. The van der Waals surface area contributed by atoms with Crippen molar-refractivity contribution >= 4 is 22.4 Å². The van der Waals surface area contributed by atoms with Gasteiger partial charge in [0.2, 0.25) is 0 Å². The molecule has 8 nitrogen and oxygen atoms in total. The fraction of sp³-hybridized carbons (Fsp3) is 0.115. The summed E-state index contributed by atoms with van der Waals surface area (Å²) in [5.41, 5.74) is 1.62. The molecule has 0 spiro atoms. The van der Waals surface area contributed by atoms with Crippen LogP contribution in [-0.4, -0.2) is 34.8 Å². The summed E-state index contributed by atoms with van der Waals surface area (Å²) in [6, 6.07) is 22.5. The van der Waals surface area contributed by atoms with Crippen molar-refractivity contribution in [2.75, 3.05) is 14.2 Å². The van der Waals surface area contributed by atoms with Crippen LogP contribution in [0, 0.1) is 0 Å². The van der Waals surface area contributed by atoms with Crippen LogP contribution in [0.3, 0.4) is 0 Å². The number of methoxy groups -OCH3 is 2. The molecule has 8 heteroatoms. The van der Waals surface area contributed by atoms with Gasteiger partial charge in [-0.25, -0.2) is 14.3 Å². The van der Waals surface area contributed by atoms with Crippen molar-refractivity contribution in [3.8, 4) is 23.0 Å². The molecule has 0 saturated carbocycles. The maximum Gasteiger partial charge on any atom is 0.360 e. The van der Waals surface area contributed by atoms with E-state index in [1.807, 2.05) is 72.8 Å². The van der Waals surface area contributed by atoms with Gasteiger partial charge in [0.15, 0.2) is 17.1 Å². The van der Waals surface area contributed by atoms with E-state index in [4.69, 9.17) is 18.9 Å². The molecule has 0 saturated heterocycles. The van der Waals surface area contributed by atoms with E-state index in [0.717, 1.165) is 16.7 Å². The Morgan fingerprint density at radius 2 is 1.62 bits per heavy atom. The van der Waals surface area contributed by atoms with Crippen molar-refractivity contribution in [2.45, 2.75) is 6.61 Å². The Morgan fingerprint density at radius 1 is 0.882 bits per heavy atom. The molecule has 170 valence electrons. The summed E-state index contributed by atoms with van der Waals surface area (Å²) < 4.78 is 23.9. The number of aromatic nitrogens is 3. The van der Waals surface area contributed by atoms with Crippen LogP contribution in [0.1, 0.15) is 16.1 Å². The third-order valence-electron chi connectivity index (χ3n) is 5.35. The van der Waals surface area contributed by atoms with Crippen LogP contribution in [0.4, 0.5) is 0 Å². The SMILES string of the molecule is COC(=O)c1c(OCc2ccccc2)c2ccc(Oc3ccc(OC)cc3)cc2c2ncnn12. The maximum atomic E-state index is 12.7. The van der Waals surface area contributed by atoms with Gasteiger partial charge in [-0.1, -0.05) is 30.3 Å². The molecule has 0 fully saturated rings. The molecule has 0 bridgehead atoms. The van der Waals surface area contributed by atoms with E-state index in [0.29, 0.717) is 28.3 Å². The number of carbonyl (C=O) groups is 1.